The SMILES string of the molecule is COCCCc1nc2c(C)nc3cc(-c4cc[nH]n4)ccc3c2n1C. The standard InChI is InChI=1S/C19H21N5O/c1-12-18-19(24(2)17(22-18)5-4-10-25-3)14-7-6-13(11-16(14)21-12)15-8-9-20-23-15/h6-9,11H,4-5,10H2,1-3H3,(H,20,23). The van der Waals surface area contributed by atoms with Crippen molar-refractivity contribution in [3.63, 3.8) is 0 Å². The van der Waals surface area contributed by atoms with Gasteiger partial charge in [0.15, 0.2) is 0 Å². The Morgan fingerprint density at radius 2 is 2.08 bits per heavy atom. The van der Waals surface area contributed by atoms with E-state index in [1.165, 1.54) is 0 Å². The van der Waals surface area contributed by atoms with Crippen molar-refractivity contribution in [3.05, 3.63) is 42.0 Å². The number of aromatic nitrogens is 5. The van der Waals surface area contributed by atoms with Gasteiger partial charge in [0.2, 0.25) is 0 Å². The van der Waals surface area contributed by atoms with E-state index in [-0.39, 0.29) is 0 Å². The molecule has 1 N–H and O–H groups in total. The predicted molar refractivity (Wildman–Crippen MR) is 98.5 cm³/mol. The second-order valence-corrected chi connectivity index (χ2v) is 6.27. The van der Waals surface area contributed by atoms with E-state index in [9.17, 15) is 0 Å². The first-order valence-corrected chi connectivity index (χ1v) is 8.44. The van der Waals surface area contributed by atoms with Gasteiger partial charge < -0.3 is 9.30 Å². The highest BCUT2D eigenvalue weighted by atomic mass is 16.5. The van der Waals surface area contributed by atoms with Crippen LogP contribution in [0.1, 0.15) is 17.9 Å². The van der Waals surface area contributed by atoms with E-state index in [1.54, 1.807) is 7.11 Å². The highest BCUT2D eigenvalue weighted by Gasteiger charge is 2.15. The Bertz CT molecular complexity index is 1030. The van der Waals surface area contributed by atoms with Crippen LogP contribution in [0.25, 0.3) is 33.2 Å². The smallest absolute Gasteiger partial charge is 0.111 e. The third-order valence-electron chi connectivity index (χ3n) is 4.62. The van der Waals surface area contributed by atoms with Gasteiger partial charge in [-0.3, -0.25) is 10.1 Å². The summed E-state index contributed by atoms with van der Waals surface area (Å²) in [6.45, 7) is 2.77. The Labute approximate surface area is 145 Å². The number of hydrogen-bond acceptors (Lipinski definition) is 4. The maximum Gasteiger partial charge on any atom is 0.111 e. The Hall–Kier alpha value is -2.73. The number of aromatic amines is 1. The summed E-state index contributed by atoms with van der Waals surface area (Å²) in [5, 5.41) is 8.24. The van der Waals surface area contributed by atoms with Crippen molar-refractivity contribution in [1.82, 2.24) is 24.7 Å². The van der Waals surface area contributed by atoms with Gasteiger partial charge in [0.05, 0.1) is 22.4 Å². The summed E-state index contributed by atoms with van der Waals surface area (Å²) in [5.41, 5.74) is 6.03. The first kappa shape index (κ1) is 15.8. The van der Waals surface area contributed by atoms with Crippen LogP contribution in [0, 0.1) is 6.92 Å². The van der Waals surface area contributed by atoms with Crippen LogP contribution < -0.4 is 0 Å². The van der Waals surface area contributed by atoms with E-state index >= 15 is 0 Å². The average molecular weight is 335 g/mol. The zero-order chi connectivity index (χ0) is 17.4. The molecule has 6 nitrogen and oxygen atoms in total. The zero-order valence-corrected chi connectivity index (χ0v) is 14.7. The molecular weight excluding hydrogens is 314 g/mol. The third kappa shape index (κ3) is 2.68. The lowest BCUT2D eigenvalue weighted by atomic mass is 10.1. The highest BCUT2D eigenvalue weighted by Crippen LogP contribution is 2.29. The lowest BCUT2D eigenvalue weighted by Gasteiger charge is -2.07. The molecule has 4 aromatic rings. The van der Waals surface area contributed by atoms with Crippen molar-refractivity contribution in [2.45, 2.75) is 19.8 Å². The second-order valence-electron chi connectivity index (χ2n) is 6.27. The number of hydrogen-bond donors (Lipinski definition) is 1. The predicted octanol–water partition coefficient (Wildman–Crippen LogP) is 3.40. The van der Waals surface area contributed by atoms with Crippen LogP contribution in [-0.4, -0.2) is 38.4 Å². The van der Waals surface area contributed by atoms with Gasteiger partial charge in [-0.25, -0.2) is 4.98 Å². The van der Waals surface area contributed by atoms with Crippen LogP contribution in [0.15, 0.2) is 30.5 Å². The Balaban J connectivity index is 1.87. The second kappa shape index (κ2) is 6.29. The number of benzene rings is 1. The van der Waals surface area contributed by atoms with Crippen molar-refractivity contribution in [3.8, 4) is 11.3 Å². The monoisotopic (exact) mass is 335 g/mol. The van der Waals surface area contributed by atoms with E-state index < -0.39 is 0 Å². The number of nitrogens with one attached hydrogen (secondary N) is 1. The lowest BCUT2D eigenvalue weighted by Crippen LogP contribution is -2.00. The quantitative estimate of drug-likeness (QED) is 0.568. The summed E-state index contributed by atoms with van der Waals surface area (Å²) in [5.74, 6) is 1.07. The number of imidazole rings is 1. The number of methoxy groups -OCH3 is 1. The molecule has 128 valence electrons. The average Bonchev–Trinajstić information content (AvgIpc) is 3.24. The molecule has 1 aromatic carbocycles. The number of nitrogens with zero attached hydrogens (tertiary/aromatic N) is 4. The lowest BCUT2D eigenvalue weighted by molar-refractivity contribution is 0.194. The molecule has 4 rings (SSSR count). The summed E-state index contributed by atoms with van der Waals surface area (Å²) < 4.78 is 7.35. The summed E-state index contributed by atoms with van der Waals surface area (Å²) in [7, 11) is 3.81. The van der Waals surface area contributed by atoms with Crippen LogP contribution in [-0.2, 0) is 18.2 Å². The molecule has 0 aliphatic rings. The molecule has 0 spiro atoms. The highest BCUT2D eigenvalue weighted by molar-refractivity contribution is 6.04. The molecule has 6 heteroatoms. The van der Waals surface area contributed by atoms with Gasteiger partial charge in [-0.05, 0) is 31.5 Å². The molecule has 0 aliphatic carbocycles. The molecular formula is C19H21N5O. The van der Waals surface area contributed by atoms with Crippen LogP contribution in [0.4, 0.5) is 0 Å². The first-order chi connectivity index (χ1) is 12.2. The van der Waals surface area contributed by atoms with Crippen molar-refractivity contribution in [2.75, 3.05) is 13.7 Å². The van der Waals surface area contributed by atoms with E-state index in [2.05, 4.69) is 40.0 Å². The fourth-order valence-corrected chi connectivity index (χ4v) is 3.34. The van der Waals surface area contributed by atoms with Crippen LogP contribution in [0.5, 0.6) is 0 Å². The van der Waals surface area contributed by atoms with Crippen LogP contribution in [0.3, 0.4) is 0 Å². The number of aryl methyl sites for hydroxylation is 3. The maximum absolute atomic E-state index is 5.16. The molecule has 3 heterocycles. The number of H-pyrrole nitrogens is 1. The van der Waals surface area contributed by atoms with Gasteiger partial charge in [0, 0.05) is 44.3 Å². The van der Waals surface area contributed by atoms with Crippen molar-refractivity contribution in [2.24, 2.45) is 7.05 Å². The number of fused-ring (bicyclic) bond motifs is 3. The molecule has 0 saturated heterocycles. The van der Waals surface area contributed by atoms with E-state index in [4.69, 9.17) is 14.7 Å². The molecule has 3 aromatic heterocycles. The van der Waals surface area contributed by atoms with Gasteiger partial charge in [0.1, 0.15) is 11.3 Å². The Morgan fingerprint density at radius 1 is 1.20 bits per heavy atom. The molecule has 0 bridgehead atoms. The van der Waals surface area contributed by atoms with Gasteiger partial charge in [-0.15, -0.1) is 0 Å². The van der Waals surface area contributed by atoms with Gasteiger partial charge in [-0.2, -0.15) is 5.10 Å². The Morgan fingerprint density at radius 3 is 2.84 bits per heavy atom. The minimum Gasteiger partial charge on any atom is -0.385 e. The van der Waals surface area contributed by atoms with E-state index in [0.29, 0.717) is 0 Å². The Kier molecular flexibility index (Phi) is 3.97. The fourth-order valence-electron chi connectivity index (χ4n) is 3.34. The van der Waals surface area contributed by atoms with Crippen LogP contribution in [0.2, 0.25) is 0 Å². The number of pyridine rings is 1. The summed E-state index contributed by atoms with van der Waals surface area (Å²) >= 11 is 0. The summed E-state index contributed by atoms with van der Waals surface area (Å²) in [6, 6.07) is 8.27. The molecule has 0 saturated carbocycles. The maximum atomic E-state index is 5.16. The van der Waals surface area contributed by atoms with Gasteiger partial charge in [-0.1, -0.05) is 6.07 Å². The molecule has 0 aliphatic heterocycles. The van der Waals surface area contributed by atoms with Gasteiger partial charge >= 0.3 is 0 Å². The van der Waals surface area contributed by atoms with Gasteiger partial charge in [0.25, 0.3) is 0 Å². The zero-order valence-electron chi connectivity index (χ0n) is 14.7. The molecule has 0 unspecified atom stereocenters. The summed E-state index contributed by atoms with van der Waals surface area (Å²) in [4.78, 5) is 9.62. The first-order valence-electron chi connectivity index (χ1n) is 8.44. The topological polar surface area (TPSA) is 68.6 Å². The van der Waals surface area contributed by atoms with Crippen LogP contribution >= 0.6 is 0 Å². The van der Waals surface area contributed by atoms with E-state index in [1.807, 2.05) is 19.2 Å². The van der Waals surface area contributed by atoms with Crippen molar-refractivity contribution in [1.29, 1.82) is 0 Å². The molecule has 0 amide bonds. The molecule has 25 heavy (non-hydrogen) atoms. The minimum absolute atomic E-state index is 0.744. The van der Waals surface area contributed by atoms with Crippen molar-refractivity contribution < 1.29 is 4.74 Å². The molecule has 0 fully saturated rings. The molecule has 0 radical (unpaired) electrons. The fraction of sp³-hybridized carbons (Fsp3) is 0.316. The molecule has 0 atom stereocenters. The van der Waals surface area contributed by atoms with Crippen molar-refractivity contribution >= 4 is 21.9 Å². The minimum atomic E-state index is 0.744. The normalized spacial score (nSPS) is 11.6. The largest absolute Gasteiger partial charge is 0.385 e. The summed E-state index contributed by atoms with van der Waals surface area (Å²) in [6.07, 6.45) is 3.68. The third-order valence-corrected chi connectivity index (χ3v) is 4.62. The number of ether oxygens (including phenoxy) is 1. The number of rotatable bonds is 5. The van der Waals surface area contributed by atoms with E-state index in [0.717, 1.165) is 64.2 Å².